The van der Waals surface area contributed by atoms with Gasteiger partial charge in [-0.3, -0.25) is 4.79 Å². The second-order valence-electron chi connectivity index (χ2n) is 6.01. The van der Waals surface area contributed by atoms with E-state index in [0.29, 0.717) is 18.7 Å². The zero-order valence-corrected chi connectivity index (χ0v) is 13.5. The molecule has 5 heteroatoms. The molecule has 1 aliphatic rings. The van der Waals surface area contributed by atoms with Crippen LogP contribution in [0.1, 0.15) is 28.8 Å². The van der Waals surface area contributed by atoms with E-state index in [1.54, 1.807) is 23.1 Å². The van der Waals surface area contributed by atoms with E-state index in [2.05, 4.69) is 0 Å². The molecule has 1 saturated heterocycles. The molecule has 2 aromatic rings. The molecule has 0 radical (unpaired) electrons. The first-order valence-electron chi connectivity index (χ1n) is 8.01. The van der Waals surface area contributed by atoms with Crippen molar-refractivity contribution in [1.82, 2.24) is 4.90 Å². The summed E-state index contributed by atoms with van der Waals surface area (Å²) < 4.78 is 18.5. The lowest BCUT2D eigenvalue weighted by molar-refractivity contribution is 0.0733. The SMILES string of the molecule is COc1ccc(O)c(C(=O)N2CCCC2Cc2cccc(F)c2)c1. The molecule has 4 nitrogen and oxygen atoms in total. The minimum atomic E-state index is -0.270. The van der Waals surface area contributed by atoms with Gasteiger partial charge in [0.1, 0.15) is 17.3 Å². The van der Waals surface area contributed by atoms with Crippen LogP contribution in [0.4, 0.5) is 4.39 Å². The van der Waals surface area contributed by atoms with E-state index in [0.717, 1.165) is 18.4 Å². The van der Waals surface area contributed by atoms with Crippen molar-refractivity contribution in [2.75, 3.05) is 13.7 Å². The number of aromatic hydroxyl groups is 1. The molecular weight excluding hydrogens is 309 g/mol. The molecule has 0 saturated carbocycles. The Hall–Kier alpha value is -2.56. The highest BCUT2D eigenvalue weighted by Crippen LogP contribution is 2.29. The Morgan fingerprint density at radius 2 is 2.17 bits per heavy atom. The van der Waals surface area contributed by atoms with E-state index < -0.39 is 0 Å². The van der Waals surface area contributed by atoms with Gasteiger partial charge in [0.15, 0.2) is 0 Å². The Morgan fingerprint density at radius 3 is 2.92 bits per heavy atom. The van der Waals surface area contributed by atoms with Gasteiger partial charge < -0.3 is 14.7 Å². The summed E-state index contributed by atoms with van der Waals surface area (Å²) in [4.78, 5) is 14.6. The van der Waals surface area contributed by atoms with Gasteiger partial charge in [0.2, 0.25) is 0 Å². The zero-order valence-electron chi connectivity index (χ0n) is 13.5. The minimum absolute atomic E-state index is 0.00454. The van der Waals surface area contributed by atoms with Crippen LogP contribution < -0.4 is 4.74 Å². The van der Waals surface area contributed by atoms with Gasteiger partial charge in [-0.15, -0.1) is 0 Å². The summed E-state index contributed by atoms with van der Waals surface area (Å²) in [5.74, 6) is -0.0200. The number of amides is 1. The highest BCUT2D eigenvalue weighted by atomic mass is 19.1. The molecule has 1 atom stereocenters. The van der Waals surface area contributed by atoms with E-state index in [-0.39, 0.29) is 29.1 Å². The Morgan fingerprint density at radius 1 is 1.33 bits per heavy atom. The second-order valence-corrected chi connectivity index (χ2v) is 6.01. The number of phenolic OH excluding ortho intramolecular Hbond substituents is 1. The van der Waals surface area contributed by atoms with E-state index in [1.807, 2.05) is 6.07 Å². The van der Waals surface area contributed by atoms with Crippen molar-refractivity contribution >= 4 is 5.91 Å². The van der Waals surface area contributed by atoms with Crippen molar-refractivity contribution in [3.8, 4) is 11.5 Å². The first kappa shape index (κ1) is 16.3. The standard InChI is InChI=1S/C19H20FNO3/c1-24-16-7-8-18(22)17(12-16)19(23)21-9-3-6-15(21)11-13-4-2-5-14(20)10-13/h2,4-5,7-8,10,12,15,22H,3,6,9,11H2,1H3. The van der Waals surface area contributed by atoms with Crippen molar-refractivity contribution in [2.24, 2.45) is 0 Å². The van der Waals surface area contributed by atoms with Gasteiger partial charge in [-0.2, -0.15) is 0 Å². The number of hydrogen-bond acceptors (Lipinski definition) is 3. The molecule has 1 unspecified atom stereocenters. The molecule has 1 aliphatic heterocycles. The minimum Gasteiger partial charge on any atom is -0.507 e. The van der Waals surface area contributed by atoms with Gasteiger partial charge in [-0.05, 0) is 55.2 Å². The van der Waals surface area contributed by atoms with Crippen LogP contribution in [-0.2, 0) is 6.42 Å². The van der Waals surface area contributed by atoms with Gasteiger partial charge in [0.25, 0.3) is 5.91 Å². The van der Waals surface area contributed by atoms with Crippen molar-refractivity contribution in [3.05, 3.63) is 59.4 Å². The van der Waals surface area contributed by atoms with Gasteiger partial charge in [-0.25, -0.2) is 4.39 Å². The van der Waals surface area contributed by atoms with Crippen molar-refractivity contribution in [3.63, 3.8) is 0 Å². The fraction of sp³-hybridized carbons (Fsp3) is 0.316. The fourth-order valence-corrected chi connectivity index (χ4v) is 3.22. The van der Waals surface area contributed by atoms with E-state index in [1.165, 1.54) is 25.3 Å². The van der Waals surface area contributed by atoms with E-state index >= 15 is 0 Å². The fourth-order valence-electron chi connectivity index (χ4n) is 3.22. The monoisotopic (exact) mass is 329 g/mol. The average molecular weight is 329 g/mol. The van der Waals surface area contributed by atoms with Crippen LogP contribution in [-0.4, -0.2) is 35.6 Å². The maximum absolute atomic E-state index is 13.4. The summed E-state index contributed by atoms with van der Waals surface area (Å²) in [6.07, 6.45) is 2.37. The Bertz CT molecular complexity index is 747. The molecule has 126 valence electrons. The summed E-state index contributed by atoms with van der Waals surface area (Å²) >= 11 is 0. The summed E-state index contributed by atoms with van der Waals surface area (Å²) in [6, 6.07) is 11.1. The number of nitrogens with zero attached hydrogens (tertiary/aromatic N) is 1. The summed E-state index contributed by atoms with van der Waals surface area (Å²) in [5.41, 5.74) is 1.11. The summed E-state index contributed by atoms with van der Waals surface area (Å²) in [6.45, 7) is 0.634. The van der Waals surface area contributed by atoms with Crippen LogP contribution in [0.15, 0.2) is 42.5 Å². The predicted octanol–water partition coefficient (Wildman–Crippen LogP) is 3.39. The number of benzene rings is 2. The third kappa shape index (κ3) is 3.35. The van der Waals surface area contributed by atoms with Crippen LogP contribution in [0.5, 0.6) is 11.5 Å². The molecule has 3 rings (SSSR count). The lowest BCUT2D eigenvalue weighted by atomic mass is 10.0. The Balaban J connectivity index is 1.81. The number of carbonyl (C=O) groups excluding carboxylic acids is 1. The molecule has 2 aromatic carbocycles. The molecule has 0 spiro atoms. The first-order valence-corrected chi connectivity index (χ1v) is 8.01. The number of likely N-dealkylation sites (tertiary alicyclic amines) is 1. The largest absolute Gasteiger partial charge is 0.507 e. The van der Waals surface area contributed by atoms with Gasteiger partial charge in [-0.1, -0.05) is 12.1 Å². The predicted molar refractivity (Wildman–Crippen MR) is 88.8 cm³/mol. The van der Waals surface area contributed by atoms with Crippen LogP contribution in [0.2, 0.25) is 0 Å². The Labute approximate surface area is 140 Å². The second kappa shape index (κ2) is 6.91. The molecule has 1 fully saturated rings. The number of hydrogen-bond donors (Lipinski definition) is 1. The molecule has 1 amide bonds. The van der Waals surface area contributed by atoms with Gasteiger partial charge in [0.05, 0.1) is 12.7 Å². The summed E-state index contributed by atoms with van der Waals surface area (Å²) in [7, 11) is 1.52. The highest BCUT2D eigenvalue weighted by molar-refractivity contribution is 5.97. The quantitative estimate of drug-likeness (QED) is 0.935. The average Bonchev–Trinajstić information content (AvgIpc) is 3.03. The van der Waals surface area contributed by atoms with Crippen LogP contribution in [0, 0.1) is 5.82 Å². The third-order valence-electron chi connectivity index (χ3n) is 4.43. The van der Waals surface area contributed by atoms with Crippen LogP contribution >= 0.6 is 0 Å². The number of phenols is 1. The lowest BCUT2D eigenvalue weighted by Crippen LogP contribution is -2.36. The number of rotatable bonds is 4. The van der Waals surface area contributed by atoms with Crippen molar-refractivity contribution in [2.45, 2.75) is 25.3 Å². The smallest absolute Gasteiger partial charge is 0.258 e. The summed E-state index contributed by atoms with van der Waals surface area (Å²) in [5, 5.41) is 10.0. The highest BCUT2D eigenvalue weighted by Gasteiger charge is 2.31. The van der Waals surface area contributed by atoms with Gasteiger partial charge in [0, 0.05) is 12.6 Å². The van der Waals surface area contributed by atoms with Crippen molar-refractivity contribution in [1.29, 1.82) is 0 Å². The molecule has 24 heavy (non-hydrogen) atoms. The molecule has 0 bridgehead atoms. The molecular formula is C19H20FNO3. The topological polar surface area (TPSA) is 49.8 Å². The lowest BCUT2D eigenvalue weighted by Gasteiger charge is -2.25. The molecule has 0 aliphatic carbocycles. The molecule has 0 aromatic heterocycles. The first-order chi connectivity index (χ1) is 11.6. The number of ether oxygens (including phenoxy) is 1. The zero-order chi connectivity index (χ0) is 17.1. The normalized spacial score (nSPS) is 17.1. The maximum atomic E-state index is 13.4. The van der Waals surface area contributed by atoms with E-state index in [9.17, 15) is 14.3 Å². The third-order valence-corrected chi connectivity index (χ3v) is 4.43. The number of halogens is 1. The Kier molecular flexibility index (Phi) is 4.69. The van der Waals surface area contributed by atoms with Crippen LogP contribution in [0.3, 0.4) is 0 Å². The molecule has 1 N–H and O–H groups in total. The maximum Gasteiger partial charge on any atom is 0.258 e. The number of methoxy groups -OCH3 is 1. The van der Waals surface area contributed by atoms with Gasteiger partial charge >= 0.3 is 0 Å². The van der Waals surface area contributed by atoms with Crippen LogP contribution in [0.25, 0.3) is 0 Å². The van der Waals surface area contributed by atoms with Crippen molar-refractivity contribution < 1.29 is 19.0 Å². The molecule has 1 heterocycles. The number of carbonyl (C=O) groups is 1. The van der Waals surface area contributed by atoms with E-state index in [4.69, 9.17) is 4.74 Å².